The number of fused-ring (bicyclic) bond motifs is 1. The van der Waals surface area contributed by atoms with Crippen molar-refractivity contribution in [3.8, 4) is 0 Å². The molecule has 0 radical (unpaired) electrons. The molecule has 4 heterocycles. The summed E-state index contributed by atoms with van der Waals surface area (Å²) in [6.07, 6.45) is 3.50. The van der Waals surface area contributed by atoms with E-state index in [0.29, 0.717) is 12.4 Å². The quantitative estimate of drug-likeness (QED) is 0.736. The Morgan fingerprint density at radius 2 is 1.93 bits per heavy atom. The lowest BCUT2D eigenvalue weighted by molar-refractivity contribution is -0.117. The predicted molar refractivity (Wildman–Crippen MR) is 106 cm³/mol. The van der Waals surface area contributed by atoms with Crippen molar-refractivity contribution in [1.29, 1.82) is 0 Å². The fourth-order valence-corrected chi connectivity index (χ4v) is 4.16. The Morgan fingerprint density at radius 1 is 1.19 bits per heavy atom. The molecule has 4 rings (SSSR count). The van der Waals surface area contributed by atoms with Gasteiger partial charge in [-0.15, -0.1) is 0 Å². The molecule has 1 amide bonds. The Morgan fingerprint density at radius 3 is 2.67 bits per heavy atom. The molecule has 1 fully saturated rings. The van der Waals surface area contributed by atoms with Gasteiger partial charge in [-0.05, 0) is 43.1 Å². The van der Waals surface area contributed by atoms with Gasteiger partial charge in [-0.1, -0.05) is 0 Å². The zero-order chi connectivity index (χ0) is 18.8. The Kier molecular flexibility index (Phi) is 4.95. The smallest absolute Gasteiger partial charge is 0.239 e. The first-order chi connectivity index (χ1) is 13.1. The molecule has 3 aromatic heterocycles. The zero-order valence-electron chi connectivity index (χ0n) is 15.3. The number of carbonyl (C=O) groups excluding carboxylic acids is 1. The first-order valence-corrected chi connectivity index (χ1v) is 9.65. The Hall–Kier alpha value is -2.65. The van der Waals surface area contributed by atoms with Crippen molar-refractivity contribution in [1.82, 2.24) is 24.2 Å². The van der Waals surface area contributed by atoms with Crippen molar-refractivity contribution in [3.63, 3.8) is 0 Å². The van der Waals surface area contributed by atoms with Crippen LogP contribution in [0.5, 0.6) is 0 Å². The molecule has 0 unspecified atom stereocenters. The first-order valence-electron chi connectivity index (χ1n) is 8.88. The number of hydrogen-bond acceptors (Lipinski definition) is 8. The maximum absolute atomic E-state index is 12.5. The number of anilines is 2. The van der Waals surface area contributed by atoms with E-state index in [9.17, 15) is 4.79 Å². The summed E-state index contributed by atoms with van der Waals surface area (Å²) in [7, 11) is 0. The lowest BCUT2D eigenvalue weighted by Crippen LogP contribution is -2.49. The van der Waals surface area contributed by atoms with E-state index < -0.39 is 0 Å². The minimum atomic E-state index is -0.0495. The summed E-state index contributed by atoms with van der Waals surface area (Å²) in [6.45, 7) is 7.53. The molecule has 1 aliphatic heterocycles. The number of aromatic nitrogens is 4. The minimum Gasteiger partial charge on any atom is -0.338 e. The zero-order valence-corrected chi connectivity index (χ0v) is 16.2. The number of nitrogens with zero attached hydrogens (tertiary/aromatic N) is 6. The van der Waals surface area contributed by atoms with Crippen molar-refractivity contribution in [2.75, 3.05) is 42.9 Å². The minimum absolute atomic E-state index is 0.0495. The average molecular weight is 383 g/mol. The van der Waals surface area contributed by atoms with Crippen LogP contribution in [0.1, 0.15) is 11.3 Å². The summed E-state index contributed by atoms with van der Waals surface area (Å²) in [5.41, 5.74) is 2.04. The van der Waals surface area contributed by atoms with Crippen LogP contribution in [0, 0.1) is 13.8 Å². The summed E-state index contributed by atoms with van der Waals surface area (Å²) in [4.78, 5) is 30.7. The van der Waals surface area contributed by atoms with E-state index in [1.54, 1.807) is 12.4 Å². The van der Waals surface area contributed by atoms with Gasteiger partial charge < -0.3 is 10.2 Å². The lowest BCUT2D eigenvalue weighted by Gasteiger charge is -2.34. The summed E-state index contributed by atoms with van der Waals surface area (Å²) < 4.78 is 4.39. The van der Waals surface area contributed by atoms with Gasteiger partial charge in [0.05, 0.1) is 11.9 Å². The van der Waals surface area contributed by atoms with Crippen LogP contribution < -0.4 is 10.2 Å². The third-order valence-electron chi connectivity index (χ3n) is 4.60. The number of piperazine rings is 1. The van der Waals surface area contributed by atoms with Crippen LogP contribution in [-0.2, 0) is 4.79 Å². The van der Waals surface area contributed by atoms with Crippen LogP contribution >= 0.6 is 11.5 Å². The number of aryl methyl sites for hydroxylation is 2. The van der Waals surface area contributed by atoms with Gasteiger partial charge in [0.15, 0.2) is 5.82 Å². The molecule has 140 valence electrons. The molecule has 3 aromatic rings. The number of hydrogen-bond donors (Lipinski definition) is 1. The summed E-state index contributed by atoms with van der Waals surface area (Å²) in [5.74, 6) is 1.31. The van der Waals surface area contributed by atoms with Crippen LogP contribution in [0.25, 0.3) is 10.2 Å². The van der Waals surface area contributed by atoms with Gasteiger partial charge in [-0.25, -0.2) is 15.0 Å². The van der Waals surface area contributed by atoms with Gasteiger partial charge in [0.1, 0.15) is 4.83 Å². The molecule has 0 saturated carbocycles. The third-order valence-corrected chi connectivity index (χ3v) is 5.35. The Bertz CT molecular complexity index is 951. The third kappa shape index (κ3) is 3.88. The highest BCUT2D eigenvalue weighted by molar-refractivity contribution is 7.13. The molecule has 0 bridgehead atoms. The summed E-state index contributed by atoms with van der Waals surface area (Å²) in [5, 5.41) is 3.89. The Labute approximate surface area is 161 Å². The molecule has 27 heavy (non-hydrogen) atoms. The highest BCUT2D eigenvalue weighted by atomic mass is 32.1. The lowest BCUT2D eigenvalue weighted by atomic mass is 10.2. The molecular formula is C18H21N7OS. The number of amides is 1. The van der Waals surface area contributed by atoms with Gasteiger partial charge >= 0.3 is 0 Å². The monoisotopic (exact) mass is 383 g/mol. The van der Waals surface area contributed by atoms with E-state index >= 15 is 0 Å². The molecule has 0 atom stereocenters. The van der Waals surface area contributed by atoms with Crippen LogP contribution in [-0.4, -0.2) is 62.9 Å². The Balaban J connectivity index is 1.36. The highest BCUT2D eigenvalue weighted by Crippen LogP contribution is 2.28. The van der Waals surface area contributed by atoms with Crippen LogP contribution in [0.4, 0.5) is 11.8 Å². The SMILES string of the molecule is Cc1cc(C)c2c(NC(=O)CN3CCN(c4ncccn4)CC3)nsc2n1. The van der Waals surface area contributed by atoms with E-state index in [1.807, 2.05) is 26.0 Å². The molecule has 1 N–H and O–H groups in total. The molecule has 0 spiro atoms. The number of nitrogens with one attached hydrogen (secondary N) is 1. The maximum Gasteiger partial charge on any atom is 0.239 e. The molecule has 1 saturated heterocycles. The fourth-order valence-electron chi connectivity index (χ4n) is 3.31. The number of carbonyl (C=O) groups is 1. The number of rotatable bonds is 4. The van der Waals surface area contributed by atoms with Crippen molar-refractivity contribution in [3.05, 3.63) is 35.8 Å². The van der Waals surface area contributed by atoms with Crippen molar-refractivity contribution < 1.29 is 4.79 Å². The first kappa shape index (κ1) is 17.7. The molecule has 0 aliphatic carbocycles. The average Bonchev–Trinajstić information content (AvgIpc) is 3.05. The van der Waals surface area contributed by atoms with Gasteiger partial charge in [0, 0.05) is 44.3 Å². The van der Waals surface area contributed by atoms with Gasteiger partial charge in [-0.2, -0.15) is 4.37 Å². The van der Waals surface area contributed by atoms with Crippen molar-refractivity contribution in [2.45, 2.75) is 13.8 Å². The molecule has 8 nitrogen and oxygen atoms in total. The molecular weight excluding hydrogens is 362 g/mol. The van der Waals surface area contributed by atoms with Crippen molar-refractivity contribution >= 4 is 39.4 Å². The van der Waals surface area contributed by atoms with Crippen LogP contribution in [0.2, 0.25) is 0 Å². The van der Waals surface area contributed by atoms with Gasteiger partial charge in [-0.3, -0.25) is 9.69 Å². The van der Waals surface area contributed by atoms with E-state index in [4.69, 9.17) is 0 Å². The predicted octanol–water partition coefficient (Wildman–Crippen LogP) is 1.86. The summed E-state index contributed by atoms with van der Waals surface area (Å²) in [6, 6.07) is 3.82. The molecule has 9 heteroatoms. The van der Waals surface area contributed by atoms with Crippen LogP contribution in [0.15, 0.2) is 24.5 Å². The van der Waals surface area contributed by atoms with E-state index in [-0.39, 0.29) is 5.91 Å². The second-order valence-electron chi connectivity index (χ2n) is 6.65. The second-order valence-corrected chi connectivity index (χ2v) is 7.40. The second kappa shape index (κ2) is 7.53. The van der Waals surface area contributed by atoms with Crippen molar-refractivity contribution in [2.24, 2.45) is 0 Å². The summed E-state index contributed by atoms with van der Waals surface area (Å²) >= 11 is 1.32. The van der Waals surface area contributed by atoms with E-state index in [2.05, 4.69) is 34.4 Å². The standard InChI is InChI=1S/C18H21N7OS/c1-12-10-13(2)21-17-15(12)16(23-27-17)22-14(26)11-24-6-8-25(9-7-24)18-19-4-3-5-20-18/h3-5,10H,6-9,11H2,1-2H3,(H,22,23,26). The number of pyridine rings is 1. The van der Waals surface area contributed by atoms with Crippen LogP contribution in [0.3, 0.4) is 0 Å². The maximum atomic E-state index is 12.5. The normalized spacial score (nSPS) is 15.3. The topological polar surface area (TPSA) is 87.1 Å². The molecule has 0 aromatic carbocycles. The molecule has 1 aliphatic rings. The fraction of sp³-hybridized carbons (Fsp3) is 0.389. The largest absolute Gasteiger partial charge is 0.338 e. The van der Waals surface area contributed by atoms with E-state index in [0.717, 1.165) is 53.6 Å². The highest BCUT2D eigenvalue weighted by Gasteiger charge is 2.21. The van der Waals surface area contributed by atoms with Gasteiger partial charge in [0.25, 0.3) is 0 Å². The van der Waals surface area contributed by atoms with Gasteiger partial charge in [0.2, 0.25) is 11.9 Å². The van der Waals surface area contributed by atoms with E-state index in [1.165, 1.54) is 11.5 Å².